The predicted molar refractivity (Wildman–Crippen MR) is 122 cm³/mol. The molecule has 12 heteroatoms. The summed E-state index contributed by atoms with van der Waals surface area (Å²) in [5, 5.41) is 95.7. The number of benzene rings is 2. The minimum Gasteiger partial charge on any atom is -0.508 e. The molecule has 2 aliphatic rings. The lowest BCUT2D eigenvalue weighted by molar-refractivity contribution is -0.125. The first kappa shape index (κ1) is 28.2. The molecule has 2 aliphatic heterocycles. The highest BCUT2D eigenvalue weighted by molar-refractivity contribution is 5.39. The van der Waals surface area contributed by atoms with Crippen molar-refractivity contribution in [3.8, 4) is 11.5 Å². The molecule has 2 saturated heterocycles. The molecular formula is C24H32O12. The topological polar surface area (TPSA) is 221 Å². The fourth-order valence-corrected chi connectivity index (χ4v) is 4.54. The van der Waals surface area contributed by atoms with Gasteiger partial charge in [-0.2, -0.15) is 0 Å². The summed E-state index contributed by atoms with van der Waals surface area (Å²) in [7, 11) is 0. The first-order valence-electron chi connectivity index (χ1n) is 11.2. The highest BCUT2D eigenvalue weighted by atomic mass is 16.6. The molecule has 2 aromatic rings. The summed E-state index contributed by atoms with van der Waals surface area (Å²) in [6.45, 7) is -2.13. The highest BCUT2D eigenvalue weighted by Gasteiger charge is 2.56. The minimum atomic E-state index is -1.63. The highest BCUT2D eigenvalue weighted by Crippen LogP contribution is 2.43. The number of para-hydroxylation sites is 1. The Kier molecular flexibility index (Phi) is 8.90. The molecule has 36 heavy (non-hydrogen) atoms. The van der Waals surface area contributed by atoms with Crippen LogP contribution in [-0.2, 0) is 20.7 Å². The van der Waals surface area contributed by atoms with E-state index < -0.39 is 74.3 Å². The van der Waals surface area contributed by atoms with E-state index in [1.807, 2.05) is 0 Å². The molecule has 10 N–H and O–H groups in total. The summed E-state index contributed by atoms with van der Waals surface area (Å²) in [5.74, 6) is -0.116. The van der Waals surface area contributed by atoms with Gasteiger partial charge >= 0.3 is 0 Å². The normalized spacial score (nSPS) is 35.9. The van der Waals surface area contributed by atoms with Crippen molar-refractivity contribution in [2.75, 3.05) is 26.4 Å². The molecule has 0 spiro atoms. The van der Waals surface area contributed by atoms with Gasteiger partial charge in [-0.05, 0) is 23.8 Å². The molecule has 2 aromatic carbocycles. The third kappa shape index (κ3) is 4.80. The largest absolute Gasteiger partial charge is 0.508 e. The maximum Gasteiger partial charge on any atom is 0.149 e. The predicted octanol–water partition coefficient (Wildman–Crippen LogP) is -2.61. The molecule has 0 aromatic heterocycles. The molecule has 4 rings (SSSR count). The van der Waals surface area contributed by atoms with Gasteiger partial charge in [-0.25, -0.2) is 0 Å². The number of ether oxygens (including phenoxy) is 2. The van der Waals surface area contributed by atoms with Crippen molar-refractivity contribution >= 4 is 0 Å². The van der Waals surface area contributed by atoms with Crippen LogP contribution < -0.4 is 0 Å². The zero-order valence-corrected chi connectivity index (χ0v) is 19.2. The lowest BCUT2D eigenvalue weighted by Crippen LogP contribution is -2.43. The minimum absolute atomic E-state index is 0.0404. The number of aliphatic hydroxyl groups excluding tert-OH is 8. The fraction of sp³-hybridized carbons (Fsp3) is 0.500. The summed E-state index contributed by atoms with van der Waals surface area (Å²) in [5.41, 5.74) is -2.51. The summed E-state index contributed by atoms with van der Waals surface area (Å²) in [4.78, 5) is 0. The van der Waals surface area contributed by atoms with Gasteiger partial charge in [0.25, 0.3) is 0 Å². The van der Waals surface area contributed by atoms with E-state index in [2.05, 4.69) is 0 Å². The number of phenolic OH excluding ortho intramolecular Hbond substituents is 2. The molecule has 8 unspecified atom stereocenters. The van der Waals surface area contributed by atoms with Crippen LogP contribution in [0.4, 0.5) is 0 Å². The van der Waals surface area contributed by atoms with Gasteiger partial charge in [-0.3, -0.25) is 0 Å². The smallest absolute Gasteiger partial charge is 0.149 e. The molecule has 200 valence electrons. The standard InChI is InChI=1S/2C12H16O6/c13-5-9-10(16)11(17)12(6-14,18-9)7-1-3-8(15)4-2-7;13-5-9-10(16)11(17)12(6-14,18-9)7-3-1-2-4-8(7)15/h2*1-4,9-11,13-17H,5-6H2. The quantitative estimate of drug-likeness (QED) is 0.192. The Morgan fingerprint density at radius 2 is 1.11 bits per heavy atom. The van der Waals surface area contributed by atoms with Crippen molar-refractivity contribution in [2.45, 2.75) is 47.8 Å². The summed E-state index contributed by atoms with van der Waals surface area (Å²) in [6, 6.07) is 11.8. The number of phenols is 2. The Morgan fingerprint density at radius 3 is 1.56 bits per heavy atom. The SMILES string of the molecule is OCC1OC(CO)(c2ccc(O)cc2)C(O)C1O.OCC1OC(CO)(c2ccccc2O)C(O)C1O. The van der Waals surface area contributed by atoms with Gasteiger partial charge in [0.1, 0.15) is 59.3 Å². The number of aliphatic hydroxyl groups is 8. The molecule has 0 saturated carbocycles. The maximum atomic E-state index is 10.0. The van der Waals surface area contributed by atoms with E-state index in [0.717, 1.165) is 0 Å². The Labute approximate surface area is 206 Å². The van der Waals surface area contributed by atoms with Crippen molar-refractivity contribution in [1.82, 2.24) is 0 Å². The van der Waals surface area contributed by atoms with Crippen LogP contribution >= 0.6 is 0 Å². The van der Waals surface area contributed by atoms with Crippen LogP contribution in [0, 0.1) is 0 Å². The molecule has 2 heterocycles. The molecule has 8 atom stereocenters. The van der Waals surface area contributed by atoms with Crippen LogP contribution in [-0.4, -0.2) is 114 Å². The summed E-state index contributed by atoms with van der Waals surface area (Å²) >= 11 is 0. The van der Waals surface area contributed by atoms with Gasteiger partial charge in [-0.15, -0.1) is 0 Å². The van der Waals surface area contributed by atoms with E-state index in [1.165, 1.54) is 36.4 Å². The molecule has 0 radical (unpaired) electrons. The van der Waals surface area contributed by atoms with E-state index in [0.29, 0.717) is 5.56 Å². The second-order valence-electron chi connectivity index (χ2n) is 8.71. The zero-order chi connectivity index (χ0) is 26.7. The lowest BCUT2D eigenvalue weighted by Gasteiger charge is -2.31. The monoisotopic (exact) mass is 512 g/mol. The van der Waals surface area contributed by atoms with Crippen LogP contribution in [0.3, 0.4) is 0 Å². The molecule has 0 aliphatic carbocycles. The van der Waals surface area contributed by atoms with Crippen molar-refractivity contribution in [1.29, 1.82) is 0 Å². The van der Waals surface area contributed by atoms with Crippen LogP contribution in [0.15, 0.2) is 48.5 Å². The van der Waals surface area contributed by atoms with Gasteiger partial charge in [0.05, 0.1) is 26.4 Å². The first-order valence-corrected chi connectivity index (χ1v) is 11.2. The van der Waals surface area contributed by atoms with Gasteiger partial charge in [0, 0.05) is 5.56 Å². The summed E-state index contributed by atoms with van der Waals surface area (Å²) < 4.78 is 10.8. The third-order valence-electron chi connectivity index (χ3n) is 6.63. The average Bonchev–Trinajstić information content (AvgIpc) is 3.30. The van der Waals surface area contributed by atoms with Crippen LogP contribution in [0.5, 0.6) is 11.5 Å². The molecule has 0 amide bonds. The van der Waals surface area contributed by atoms with Gasteiger partial charge in [0.2, 0.25) is 0 Å². The second kappa shape index (κ2) is 11.4. The van der Waals surface area contributed by atoms with E-state index in [-0.39, 0.29) is 17.1 Å². The maximum absolute atomic E-state index is 10.0. The van der Waals surface area contributed by atoms with E-state index in [4.69, 9.17) is 19.7 Å². The van der Waals surface area contributed by atoms with Crippen molar-refractivity contribution in [2.24, 2.45) is 0 Å². The number of aromatic hydroxyl groups is 2. The van der Waals surface area contributed by atoms with Crippen LogP contribution in [0.1, 0.15) is 11.1 Å². The number of hydrogen-bond donors (Lipinski definition) is 10. The van der Waals surface area contributed by atoms with Gasteiger partial charge < -0.3 is 60.5 Å². The Hall–Kier alpha value is -2.36. The third-order valence-corrected chi connectivity index (χ3v) is 6.63. The number of hydrogen-bond acceptors (Lipinski definition) is 12. The Balaban J connectivity index is 0.000000201. The molecule has 12 nitrogen and oxygen atoms in total. The lowest BCUT2D eigenvalue weighted by atomic mass is 9.87. The van der Waals surface area contributed by atoms with Crippen LogP contribution in [0.25, 0.3) is 0 Å². The zero-order valence-electron chi connectivity index (χ0n) is 19.2. The average molecular weight is 513 g/mol. The van der Waals surface area contributed by atoms with E-state index >= 15 is 0 Å². The van der Waals surface area contributed by atoms with E-state index in [9.17, 15) is 40.9 Å². The van der Waals surface area contributed by atoms with E-state index in [1.54, 1.807) is 12.1 Å². The van der Waals surface area contributed by atoms with Crippen molar-refractivity contribution in [3.05, 3.63) is 59.7 Å². The van der Waals surface area contributed by atoms with Crippen molar-refractivity contribution < 1.29 is 60.5 Å². The Morgan fingerprint density at radius 1 is 0.639 bits per heavy atom. The second-order valence-corrected chi connectivity index (χ2v) is 8.71. The molecular weight excluding hydrogens is 480 g/mol. The van der Waals surface area contributed by atoms with Crippen LogP contribution in [0.2, 0.25) is 0 Å². The van der Waals surface area contributed by atoms with Gasteiger partial charge in [0.15, 0.2) is 0 Å². The number of rotatable bonds is 6. The Bertz CT molecular complexity index is 987. The van der Waals surface area contributed by atoms with Gasteiger partial charge in [-0.1, -0.05) is 30.3 Å². The molecule has 2 fully saturated rings. The first-order chi connectivity index (χ1) is 17.1. The fourth-order valence-electron chi connectivity index (χ4n) is 4.54. The van der Waals surface area contributed by atoms with Crippen molar-refractivity contribution in [3.63, 3.8) is 0 Å². The summed E-state index contributed by atoms with van der Waals surface area (Å²) in [6.07, 6.45) is -7.37. The molecule has 0 bridgehead atoms.